The molecule has 6 heterocycles. The molecule has 3 aliphatic heterocycles. The Morgan fingerprint density at radius 1 is 0.900 bits per heavy atom. The number of aromatic nitrogens is 3. The Morgan fingerprint density at radius 3 is 2.42 bits per heavy atom. The molecule has 0 bridgehead atoms. The van der Waals surface area contributed by atoms with E-state index in [1.54, 1.807) is 6.20 Å². The van der Waals surface area contributed by atoms with Gasteiger partial charge in [0.15, 0.2) is 0 Å². The van der Waals surface area contributed by atoms with Crippen LogP contribution in [0.4, 0.5) is 0 Å². The number of carbonyl (C=O) groups excluding carboxylic acids is 3. The number of likely N-dealkylation sites (tertiary alicyclic amines) is 1. The molecule has 0 spiro atoms. The highest BCUT2D eigenvalue weighted by Gasteiger charge is 2.36. The molecule has 1 aromatic carbocycles. The van der Waals surface area contributed by atoms with Crippen LogP contribution in [0, 0.1) is 5.92 Å². The molecule has 4 aromatic rings. The third-order valence-electron chi connectivity index (χ3n) is 8.47. The predicted molar refractivity (Wildman–Crippen MR) is 155 cm³/mol. The summed E-state index contributed by atoms with van der Waals surface area (Å²) in [6.07, 6.45) is 9.04. The van der Waals surface area contributed by atoms with Crippen molar-refractivity contribution in [2.45, 2.75) is 31.7 Å². The summed E-state index contributed by atoms with van der Waals surface area (Å²) >= 11 is 0. The average molecular weight is 559 g/mol. The summed E-state index contributed by atoms with van der Waals surface area (Å²) in [4.78, 5) is 45.9. The van der Waals surface area contributed by atoms with E-state index in [0.717, 1.165) is 68.3 Å². The minimum absolute atomic E-state index is 0. The fourth-order valence-corrected chi connectivity index (χ4v) is 6.47. The zero-order valence-electron chi connectivity index (χ0n) is 22.0. The lowest BCUT2D eigenvalue weighted by Gasteiger charge is -2.36. The number of hydrogen-bond acceptors (Lipinski definition) is 5. The molecule has 0 atom stereocenters. The molecule has 3 aliphatic rings. The molecule has 2 saturated heterocycles. The molecule has 3 aromatic heterocycles. The Hall–Kier alpha value is -3.95. The number of nitrogens with one attached hydrogen (secondary N) is 2. The number of imidazole rings is 1. The molecule has 0 radical (unpaired) electrons. The monoisotopic (exact) mass is 558 g/mol. The number of amides is 3. The van der Waals surface area contributed by atoms with Crippen molar-refractivity contribution in [3.05, 3.63) is 72.3 Å². The first kappa shape index (κ1) is 26.3. The zero-order chi connectivity index (χ0) is 26.5. The Labute approximate surface area is 237 Å². The summed E-state index contributed by atoms with van der Waals surface area (Å²) in [5, 5.41) is 6.79. The van der Waals surface area contributed by atoms with Gasteiger partial charge in [-0.3, -0.25) is 24.1 Å². The molecule has 206 valence electrons. The summed E-state index contributed by atoms with van der Waals surface area (Å²) in [7, 11) is 0. The summed E-state index contributed by atoms with van der Waals surface area (Å²) < 4.78 is 4.08. The van der Waals surface area contributed by atoms with Gasteiger partial charge in [-0.1, -0.05) is 24.3 Å². The molecular formula is C30H31ClN6O3. The van der Waals surface area contributed by atoms with Gasteiger partial charge in [0.1, 0.15) is 5.65 Å². The van der Waals surface area contributed by atoms with Crippen LogP contribution in [0.1, 0.15) is 43.0 Å². The molecule has 9 nitrogen and oxygen atoms in total. The van der Waals surface area contributed by atoms with E-state index in [0.29, 0.717) is 22.5 Å². The maximum atomic E-state index is 13.2. The van der Waals surface area contributed by atoms with Crippen molar-refractivity contribution in [1.82, 2.24) is 29.5 Å². The van der Waals surface area contributed by atoms with Crippen LogP contribution in [0.25, 0.3) is 27.7 Å². The van der Waals surface area contributed by atoms with Crippen LogP contribution in [-0.4, -0.2) is 62.8 Å². The first-order valence-corrected chi connectivity index (χ1v) is 13.7. The SMILES string of the molecule is Cl.O=C1NC(=O)C(c2cnc3ccccn23)=C1c1cn(C2CCN(C(=O)C3CCNCC3)CC2)c2ccccc12. The lowest BCUT2D eigenvalue weighted by molar-refractivity contribution is -0.137. The second-order valence-electron chi connectivity index (χ2n) is 10.7. The highest BCUT2D eigenvalue weighted by atomic mass is 35.5. The van der Waals surface area contributed by atoms with E-state index in [1.165, 1.54) is 0 Å². The van der Waals surface area contributed by atoms with Crippen molar-refractivity contribution in [2.24, 2.45) is 5.92 Å². The third-order valence-corrected chi connectivity index (χ3v) is 8.47. The number of halogens is 1. The van der Waals surface area contributed by atoms with E-state index in [-0.39, 0.29) is 30.3 Å². The van der Waals surface area contributed by atoms with Gasteiger partial charge < -0.3 is 14.8 Å². The smallest absolute Gasteiger partial charge is 0.261 e. The van der Waals surface area contributed by atoms with Gasteiger partial charge in [0, 0.05) is 53.9 Å². The summed E-state index contributed by atoms with van der Waals surface area (Å²) in [5.41, 5.74) is 3.77. The van der Waals surface area contributed by atoms with Gasteiger partial charge in [-0.05, 0) is 57.0 Å². The Kier molecular flexibility index (Phi) is 6.93. The van der Waals surface area contributed by atoms with Crippen LogP contribution >= 0.6 is 12.4 Å². The zero-order valence-corrected chi connectivity index (χ0v) is 22.8. The number of carbonyl (C=O) groups is 3. The highest BCUT2D eigenvalue weighted by Crippen LogP contribution is 2.38. The maximum absolute atomic E-state index is 13.2. The molecule has 0 aliphatic carbocycles. The van der Waals surface area contributed by atoms with Crippen molar-refractivity contribution < 1.29 is 14.4 Å². The predicted octanol–water partition coefficient (Wildman–Crippen LogP) is 3.44. The summed E-state index contributed by atoms with van der Waals surface area (Å²) in [6.45, 7) is 3.27. The molecule has 7 rings (SSSR count). The number of benzene rings is 1. The van der Waals surface area contributed by atoms with Gasteiger partial charge in [-0.15, -0.1) is 12.4 Å². The van der Waals surface area contributed by atoms with Crippen LogP contribution in [0.3, 0.4) is 0 Å². The topological polar surface area (TPSA) is 101 Å². The van der Waals surface area contributed by atoms with Gasteiger partial charge in [0.05, 0.1) is 23.0 Å². The molecule has 10 heteroatoms. The summed E-state index contributed by atoms with van der Waals surface area (Å²) in [5.74, 6) is -0.393. The van der Waals surface area contributed by atoms with E-state index < -0.39 is 11.8 Å². The number of nitrogens with zero attached hydrogens (tertiary/aromatic N) is 4. The van der Waals surface area contributed by atoms with Gasteiger partial charge in [0.2, 0.25) is 5.91 Å². The minimum atomic E-state index is -0.415. The molecule has 3 amide bonds. The number of pyridine rings is 1. The first-order chi connectivity index (χ1) is 19.1. The van der Waals surface area contributed by atoms with Gasteiger partial charge in [-0.25, -0.2) is 4.98 Å². The Morgan fingerprint density at radius 2 is 1.62 bits per heavy atom. The van der Waals surface area contributed by atoms with E-state index in [4.69, 9.17) is 0 Å². The third kappa shape index (κ3) is 4.30. The van der Waals surface area contributed by atoms with Crippen LogP contribution in [-0.2, 0) is 14.4 Å². The lowest BCUT2D eigenvalue weighted by Crippen LogP contribution is -2.44. The van der Waals surface area contributed by atoms with Crippen LogP contribution < -0.4 is 10.6 Å². The Bertz CT molecular complexity index is 1660. The summed E-state index contributed by atoms with van der Waals surface area (Å²) in [6, 6.07) is 13.9. The van der Waals surface area contributed by atoms with E-state index >= 15 is 0 Å². The van der Waals surface area contributed by atoms with Gasteiger partial charge in [0.25, 0.3) is 11.8 Å². The lowest BCUT2D eigenvalue weighted by atomic mass is 9.95. The first-order valence-electron chi connectivity index (χ1n) is 13.7. The van der Waals surface area contributed by atoms with E-state index in [2.05, 4.69) is 26.3 Å². The quantitative estimate of drug-likeness (QED) is 0.374. The number of hydrogen-bond donors (Lipinski definition) is 2. The van der Waals surface area contributed by atoms with Gasteiger partial charge in [-0.2, -0.15) is 0 Å². The number of fused-ring (bicyclic) bond motifs is 2. The van der Waals surface area contributed by atoms with Crippen LogP contribution in [0.5, 0.6) is 0 Å². The number of piperidine rings is 2. The second kappa shape index (κ2) is 10.6. The van der Waals surface area contributed by atoms with E-state index in [9.17, 15) is 14.4 Å². The normalized spacial score (nSPS) is 18.9. The fourth-order valence-electron chi connectivity index (χ4n) is 6.47. The van der Waals surface area contributed by atoms with Gasteiger partial charge >= 0.3 is 0 Å². The molecule has 2 fully saturated rings. The molecule has 2 N–H and O–H groups in total. The standard InChI is InChI=1S/C30H30N6O3.ClH/c37-28-26(27(29(38)33-28)24-17-32-25-7-3-4-14-35(24)25)22-18-36(23-6-2-1-5-21(22)23)20-10-15-34(16-11-20)30(39)19-8-12-31-13-9-19;/h1-7,14,17-20,31H,8-13,15-16H2,(H,33,37,38);1H. The minimum Gasteiger partial charge on any atom is -0.344 e. The number of rotatable bonds is 4. The average Bonchev–Trinajstić information content (AvgIpc) is 3.65. The number of imide groups is 1. The molecular weight excluding hydrogens is 528 g/mol. The van der Waals surface area contributed by atoms with E-state index in [1.807, 2.05) is 58.1 Å². The van der Waals surface area contributed by atoms with Crippen LogP contribution in [0.15, 0.2) is 61.1 Å². The van der Waals surface area contributed by atoms with Crippen LogP contribution in [0.2, 0.25) is 0 Å². The van der Waals surface area contributed by atoms with Crippen molar-refractivity contribution in [2.75, 3.05) is 26.2 Å². The largest absolute Gasteiger partial charge is 0.344 e. The number of para-hydroxylation sites is 1. The van der Waals surface area contributed by atoms with Crippen molar-refractivity contribution in [1.29, 1.82) is 0 Å². The highest BCUT2D eigenvalue weighted by molar-refractivity contribution is 6.49. The van der Waals surface area contributed by atoms with Crippen molar-refractivity contribution in [3.63, 3.8) is 0 Å². The van der Waals surface area contributed by atoms with Crippen molar-refractivity contribution in [3.8, 4) is 0 Å². The molecule has 0 unspecified atom stereocenters. The van der Waals surface area contributed by atoms with Crippen molar-refractivity contribution >= 4 is 57.8 Å². The second-order valence-corrected chi connectivity index (χ2v) is 10.7. The maximum Gasteiger partial charge on any atom is 0.261 e. The molecule has 40 heavy (non-hydrogen) atoms. The fraction of sp³-hybridized carbons (Fsp3) is 0.333. The Balaban J connectivity index is 0.00000289. The molecule has 0 saturated carbocycles.